The van der Waals surface area contributed by atoms with E-state index in [4.69, 9.17) is 9.72 Å². The molecule has 0 bridgehead atoms. The number of hydrogen-bond acceptors (Lipinski definition) is 6. The number of carbonyl (C=O) groups excluding carboxylic acids is 1. The van der Waals surface area contributed by atoms with E-state index >= 15 is 0 Å². The van der Waals surface area contributed by atoms with Gasteiger partial charge in [0, 0.05) is 40.4 Å². The molecule has 2 saturated heterocycles. The molecule has 2 aromatic rings. The van der Waals surface area contributed by atoms with Gasteiger partial charge in [-0.05, 0) is 37.7 Å². The van der Waals surface area contributed by atoms with Crippen molar-refractivity contribution in [2.75, 3.05) is 55.5 Å². The van der Waals surface area contributed by atoms with Gasteiger partial charge in [-0.2, -0.15) is 4.98 Å². The molecule has 0 radical (unpaired) electrons. The lowest BCUT2D eigenvalue weighted by Crippen LogP contribution is -2.45. The highest BCUT2D eigenvalue weighted by Gasteiger charge is 2.42. The average molecular weight is 410 g/mol. The first-order chi connectivity index (χ1) is 14.6. The SMILES string of the molecule is CN(C)c1nc(N2CCCCC2)ncc1NC(=O)C1(c2ccccc2)CCOCC1. The molecule has 0 atom stereocenters. The van der Waals surface area contributed by atoms with E-state index in [1.165, 1.54) is 19.3 Å². The van der Waals surface area contributed by atoms with Crippen molar-refractivity contribution in [1.82, 2.24) is 9.97 Å². The average Bonchev–Trinajstić information content (AvgIpc) is 2.80. The summed E-state index contributed by atoms with van der Waals surface area (Å²) in [7, 11) is 3.89. The van der Waals surface area contributed by atoms with Gasteiger partial charge in [0.1, 0.15) is 5.69 Å². The van der Waals surface area contributed by atoms with E-state index in [0.29, 0.717) is 31.7 Å². The predicted molar refractivity (Wildman–Crippen MR) is 119 cm³/mol. The molecular weight excluding hydrogens is 378 g/mol. The van der Waals surface area contributed by atoms with Gasteiger partial charge in [-0.3, -0.25) is 4.79 Å². The van der Waals surface area contributed by atoms with E-state index in [9.17, 15) is 4.79 Å². The van der Waals surface area contributed by atoms with Crippen LogP contribution in [-0.2, 0) is 14.9 Å². The van der Waals surface area contributed by atoms with E-state index < -0.39 is 5.41 Å². The first-order valence-corrected chi connectivity index (χ1v) is 10.8. The summed E-state index contributed by atoms with van der Waals surface area (Å²) in [6.45, 7) is 3.12. The Labute approximate surface area is 178 Å². The maximum Gasteiger partial charge on any atom is 0.235 e. The second-order valence-corrected chi connectivity index (χ2v) is 8.36. The van der Waals surface area contributed by atoms with Gasteiger partial charge in [0.05, 0.1) is 11.6 Å². The van der Waals surface area contributed by atoms with Gasteiger partial charge in [0.2, 0.25) is 11.9 Å². The molecule has 1 aromatic heterocycles. The smallest absolute Gasteiger partial charge is 0.235 e. The van der Waals surface area contributed by atoms with Crippen molar-refractivity contribution in [1.29, 1.82) is 0 Å². The van der Waals surface area contributed by atoms with E-state index in [2.05, 4.69) is 15.2 Å². The Hall–Kier alpha value is -2.67. The first-order valence-electron chi connectivity index (χ1n) is 10.8. The summed E-state index contributed by atoms with van der Waals surface area (Å²) in [5, 5.41) is 3.15. The van der Waals surface area contributed by atoms with Crippen LogP contribution in [-0.4, -0.2) is 56.3 Å². The van der Waals surface area contributed by atoms with Crippen molar-refractivity contribution in [2.45, 2.75) is 37.5 Å². The van der Waals surface area contributed by atoms with Crippen LogP contribution < -0.4 is 15.1 Å². The molecule has 4 rings (SSSR count). The summed E-state index contributed by atoms with van der Waals surface area (Å²) in [5.41, 5.74) is 1.07. The third kappa shape index (κ3) is 4.12. The summed E-state index contributed by atoms with van der Waals surface area (Å²) in [6, 6.07) is 10.0. The molecule has 1 aromatic carbocycles. The van der Waals surface area contributed by atoms with Crippen molar-refractivity contribution >= 4 is 23.4 Å². The normalized spacial score (nSPS) is 18.7. The summed E-state index contributed by atoms with van der Waals surface area (Å²) in [5.74, 6) is 1.45. The molecule has 0 saturated carbocycles. The minimum Gasteiger partial charge on any atom is -0.381 e. The van der Waals surface area contributed by atoms with Crippen molar-refractivity contribution in [2.24, 2.45) is 0 Å². The molecule has 2 aliphatic heterocycles. The molecule has 30 heavy (non-hydrogen) atoms. The number of carbonyl (C=O) groups is 1. The maximum atomic E-state index is 13.6. The molecular formula is C23H31N5O2. The number of amides is 1. The molecule has 7 nitrogen and oxygen atoms in total. The molecule has 7 heteroatoms. The fourth-order valence-corrected chi connectivity index (χ4v) is 4.41. The molecule has 0 spiro atoms. The number of ether oxygens (including phenoxy) is 1. The number of rotatable bonds is 5. The van der Waals surface area contributed by atoms with Gasteiger partial charge in [-0.15, -0.1) is 0 Å². The van der Waals surface area contributed by atoms with E-state index in [1.807, 2.05) is 49.3 Å². The fraction of sp³-hybridized carbons (Fsp3) is 0.522. The largest absolute Gasteiger partial charge is 0.381 e. The zero-order chi connectivity index (χ0) is 21.0. The zero-order valence-electron chi connectivity index (χ0n) is 17.9. The number of piperidine rings is 1. The molecule has 0 unspecified atom stereocenters. The van der Waals surface area contributed by atoms with Crippen LogP contribution in [0.1, 0.15) is 37.7 Å². The first kappa shape index (κ1) is 20.6. The summed E-state index contributed by atoms with van der Waals surface area (Å²) in [4.78, 5) is 27.1. The second-order valence-electron chi connectivity index (χ2n) is 8.36. The van der Waals surface area contributed by atoms with Gasteiger partial charge >= 0.3 is 0 Å². The summed E-state index contributed by atoms with van der Waals surface area (Å²) >= 11 is 0. The van der Waals surface area contributed by atoms with Gasteiger partial charge < -0.3 is 19.9 Å². The van der Waals surface area contributed by atoms with Crippen molar-refractivity contribution in [3.8, 4) is 0 Å². The van der Waals surface area contributed by atoms with Crippen molar-refractivity contribution in [3.63, 3.8) is 0 Å². The Morgan fingerprint density at radius 1 is 1.10 bits per heavy atom. The van der Waals surface area contributed by atoms with Crippen LogP contribution in [0.15, 0.2) is 36.5 Å². The quantitative estimate of drug-likeness (QED) is 0.818. The zero-order valence-corrected chi connectivity index (χ0v) is 17.9. The Morgan fingerprint density at radius 3 is 2.47 bits per heavy atom. The van der Waals surface area contributed by atoms with E-state index in [1.54, 1.807) is 6.20 Å². The van der Waals surface area contributed by atoms with Crippen LogP contribution in [0.3, 0.4) is 0 Å². The number of benzene rings is 1. The lowest BCUT2D eigenvalue weighted by atomic mass is 9.73. The van der Waals surface area contributed by atoms with Crippen LogP contribution >= 0.6 is 0 Å². The van der Waals surface area contributed by atoms with Gasteiger partial charge in [-0.25, -0.2) is 4.98 Å². The van der Waals surface area contributed by atoms with Crippen molar-refractivity contribution < 1.29 is 9.53 Å². The molecule has 1 N–H and O–H groups in total. The van der Waals surface area contributed by atoms with Gasteiger partial charge in [0.25, 0.3) is 0 Å². The number of hydrogen-bond donors (Lipinski definition) is 1. The maximum absolute atomic E-state index is 13.6. The molecule has 2 aliphatic rings. The minimum atomic E-state index is -0.603. The highest BCUT2D eigenvalue weighted by atomic mass is 16.5. The van der Waals surface area contributed by atoms with Gasteiger partial charge in [0.15, 0.2) is 5.82 Å². The topological polar surface area (TPSA) is 70.6 Å². The predicted octanol–water partition coefficient (Wildman–Crippen LogP) is 3.22. The Bertz CT molecular complexity index is 859. The van der Waals surface area contributed by atoms with Crippen LogP contribution in [0, 0.1) is 0 Å². The molecule has 160 valence electrons. The number of anilines is 3. The lowest BCUT2D eigenvalue weighted by Gasteiger charge is -2.36. The Kier molecular flexibility index (Phi) is 6.18. The van der Waals surface area contributed by atoms with Crippen LogP contribution in [0.5, 0.6) is 0 Å². The molecule has 1 amide bonds. The van der Waals surface area contributed by atoms with Crippen LogP contribution in [0.2, 0.25) is 0 Å². The second kappa shape index (κ2) is 9.00. The monoisotopic (exact) mass is 409 g/mol. The molecule has 0 aliphatic carbocycles. The fourth-order valence-electron chi connectivity index (χ4n) is 4.41. The number of nitrogens with one attached hydrogen (secondary N) is 1. The Morgan fingerprint density at radius 2 is 1.80 bits per heavy atom. The van der Waals surface area contributed by atoms with E-state index in [0.717, 1.165) is 30.4 Å². The van der Waals surface area contributed by atoms with Crippen LogP contribution in [0.25, 0.3) is 0 Å². The number of aromatic nitrogens is 2. The minimum absolute atomic E-state index is 0.0191. The summed E-state index contributed by atoms with van der Waals surface area (Å²) in [6.07, 6.45) is 6.67. The van der Waals surface area contributed by atoms with Crippen molar-refractivity contribution in [3.05, 3.63) is 42.1 Å². The lowest BCUT2D eigenvalue weighted by molar-refractivity contribution is -0.125. The third-order valence-corrected chi connectivity index (χ3v) is 6.17. The van der Waals surface area contributed by atoms with E-state index in [-0.39, 0.29) is 5.91 Å². The third-order valence-electron chi connectivity index (χ3n) is 6.17. The number of nitrogens with zero attached hydrogens (tertiary/aromatic N) is 4. The van der Waals surface area contributed by atoms with Gasteiger partial charge in [-0.1, -0.05) is 30.3 Å². The highest BCUT2D eigenvalue weighted by Crippen LogP contribution is 2.37. The highest BCUT2D eigenvalue weighted by molar-refractivity contribution is 6.01. The Balaban J connectivity index is 1.62. The van der Waals surface area contributed by atoms with Crippen LogP contribution in [0.4, 0.5) is 17.5 Å². The standard InChI is InChI=1S/C23H31N5O2/c1-27(2)20-19(17-24-22(26-20)28-13-7-4-8-14-28)25-21(29)23(11-15-30-16-12-23)18-9-5-3-6-10-18/h3,5-6,9-10,17H,4,7-8,11-16H2,1-2H3,(H,25,29). The molecule has 3 heterocycles. The summed E-state index contributed by atoms with van der Waals surface area (Å²) < 4.78 is 5.57. The molecule has 2 fully saturated rings.